The van der Waals surface area contributed by atoms with Gasteiger partial charge < -0.3 is 0 Å². The van der Waals surface area contributed by atoms with Crippen molar-refractivity contribution in [3.05, 3.63) is 101 Å². The van der Waals surface area contributed by atoms with E-state index in [0.29, 0.717) is 0 Å². The highest BCUT2D eigenvalue weighted by molar-refractivity contribution is 9.10. The molecule has 0 atom stereocenters. The fourth-order valence-corrected chi connectivity index (χ4v) is 2.58. The number of hydrogen-bond acceptors (Lipinski definition) is 0. The van der Waals surface area contributed by atoms with Crippen LogP contribution in [0.1, 0.15) is 11.1 Å². The van der Waals surface area contributed by atoms with Gasteiger partial charge in [0.15, 0.2) is 0 Å². The lowest BCUT2D eigenvalue weighted by molar-refractivity contribution is 1.54. The zero-order valence-electron chi connectivity index (χ0n) is 11.6. The zero-order chi connectivity index (χ0) is 14.7. The second-order valence-corrected chi connectivity index (χ2v) is 5.84. The molecule has 0 heterocycles. The van der Waals surface area contributed by atoms with Crippen molar-refractivity contribution in [3.63, 3.8) is 0 Å². The Morgan fingerprint density at radius 3 is 1.67 bits per heavy atom. The van der Waals surface area contributed by atoms with Crippen LogP contribution >= 0.6 is 15.9 Å². The van der Waals surface area contributed by atoms with Crippen molar-refractivity contribution >= 4 is 21.5 Å². The molecular weight excluding hydrogens is 320 g/mol. The van der Waals surface area contributed by atoms with Crippen molar-refractivity contribution in [3.8, 4) is 11.1 Å². The van der Waals surface area contributed by atoms with Crippen molar-refractivity contribution in [2.24, 2.45) is 0 Å². The number of halogens is 1. The van der Waals surface area contributed by atoms with Gasteiger partial charge in [0.2, 0.25) is 0 Å². The molecule has 0 spiro atoms. The van der Waals surface area contributed by atoms with E-state index in [-0.39, 0.29) is 0 Å². The second-order valence-electron chi connectivity index (χ2n) is 4.93. The third-order valence-corrected chi connectivity index (χ3v) is 4.06. The van der Waals surface area contributed by atoms with E-state index >= 15 is 0 Å². The third-order valence-electron chi connectivity index (χ3n) is 3.53. The minimum absolute atomic E-state index is 1.05. The molecule has 3 aromatic carbocycles. The summed E-state index contributed by atoms with van der Waals surface area (Å²) < 4.78 is 1.10. The van der Waals surface area contributed by atoms with Crippen molar-refractivity contribution < 1.29 is 0 Å². The van der Waals surface area contributed by atoms with Crippen LogP contribution in [0.4, 0.5) is 0 Å². The minimum atomic E-state index is 1.05. The van der Waals surface area contributed by atoms with Gasteiger partial charge in [0.25, 0.3) is 0 Å². The predicted molar refractivity (Wildman–Crippen MR) is 94.2 cm³/mol. The first-order chi connectivity index (χ1) is 10.2. The highest BCUT2D eigenvalue weighted by Gasteiger charge is 2.03. The van der Waals surface area contributed by atoms with E-state index in [4.69, 9.17) is 0 Å². The van der Waals surface area contributed by atoms with Gasteiger partial charge in [-0.05, 0) is 40.0 Å². The molecular formula is C20H15Br. The third kappa shape index (κ3) is 3.14. The molecule has 0 saturated heterocycles. The van der Waals surface area contributed by atoms with Gasteiger partial charge in [-0.1, -0.05) is 89.2 Å². The summed E-state index contributed by atoms with van der Waals surface area (Å²) in [6.45, 7) is 4.20. The lowest BCUT2D eigenvalue weighted by atomic mass is 9.97. The average Bonchev–Trinajstić information content (AvgIpc) is 2.56. The smallest absolute Gasteiger partial charge is 0.0175 e. The van der Waals surface area contributed by atoms with Gasteiger partial charge in [-0.25, -0.2) is 0 Å². The topological polar surface area (TPSA) is 0 Å². The number of hydrogen-bond donors (Lipinski definition) is 0. The molecule has 0 fully saturated rings. The van der Waals surface area contributed by atoms with Crippen LogP contribution in [0.15, 0.2) is 89.9 Å². The molecule has 0 amide bonds. The van der Waals surface area contributed by atoms with Crippen LogP contribution in [-0.4, -0.2) is 0 Å². The molecule has 0 aliphatic carbocycles. The summed E-state index contributed by atoms with van der Waals surface area (Å²) in [5.74, 6) is 0. The van der Waals surface area contributed by atoms with Gasteiger partial charge >= 0.3 is 0 Å². The summed E-state index contributed by atoms with van der Waals surface area (Å²) in [6, 6.07) is 27.2. The molecule has 0 N–H and O–H groups in total. The van der Waals surface area contributed by atoms with Crippen LogP contribution < -0.4 is 0 Å². The van der Waals surface area contributed by atoms with E-state index in [1.807, 2.05) is 18.2 Å². The summed E-state index contributed by atoms with van der Waals surface area (Å²) in [5.41, 5.74) is 5.80. The van der Waals surface area contributed by atoms with E-state index < -0.39 is 0 Å². The van der Waals surface area contributed by atoms with Gasteiger partial charge in [-0.2, -0.15) is 0 Å². The largest absolute Gasteiger partial charge is 0.0906 e. The van der Waals surface area contributed by atoms with E-state index in [1.54, 1.807) is 0 Å². The summed E-state index contributed by atoms with van der Waals surface area (Å²) in [6.07, 6.45) is 0. The molecule has 21 heavy (non-hydrogen) atoms. The van der Waals surface area contributed by atoms with Crippen LogP contribution in [0.25, 0.3) is 16.7 Å². The maximum atomic E-state index is 4.20. The van der Waals surface area contributed by atoms with Gasteiger partial charge in [-0.3, -0.25) is 0 Å². The summed E-state index contributed by atoms with van der Waals surface area (Å²) in [5, 5.41) is 0. The summed E-state index contributed by atoms with van der Waals surface area (Å²) in [4.78, 5) is 0. The monoisotopic (exact) mass is 334 g/mol. The SMILES string of the molecule is C=C(c1ccccc1)c1ccc(-c2ccc(Br)cc2)cc1. The molecule has 3 rings (SSSR count). The molecule has 0 aliphatic rings. The van der Waals surface area contributed by atoms with Gasteiger partial charge in [0.1, 0.15) is 0 Å². The molecule has 0 aliphatic heterocycles. The van der Waals surface area contributed by atoms with Crippen molar-refractivity contribution in [2.45, 2.75) is 0 Å². The molecule has 102 valence electrons. The molecule has 0 radical (unpaired) electrons. The zero-order valence-corrected chi connectivity index (χ0v) is 13.2. The average molecular weight is 335 g/mol. The normalized spacial score (nSPS) is 10.3. The van der Waals surface area contributed by atoms with Crippen LogP contribution in [0.2, 0.25) is 0 Å². The first-order valence-corrected chi connectivity index (χ1v) is 7.64. The molecule has 0 aromatic heterocycles. The van der Waals surface area contributed by atoms with Gasteiger partial charge in [-0.15, -0.1) is 0 Å². The van der Waals surface area contributed by atoms with Crippen LogP contribution in [0.3, 0.4) is 0 Å². The van der Waals surface area contributed by atoms with E-state index in [2.05, 4.69) is 83.2 Å². The molecule has 0 bridgehead atoms. The van der Waals surface area contributed by atoms with Gasteiger partial charge in [0.05, 0.1) is 0 Å². The Balaban J connectivity index is 1.87. The lowest BCUT2D eigenvalue weighted by Gasteiger charge is -2.08. The number of benzene rings is 3. The van der Waals surface area contributed by atoms with Crippen LogP contribution in [0.5, 0.6) is 0 Å². The van der Waals surface area contributed by atoms with E-state index in [0.717, 1.165) is 21.2 Å². The number of rotatable bonds is 3. The first-order valence-electron chi connectivity index (χ1n) is 6.85. The highest BCUT2D eigenvalue weighted by atomic mass is 79.9. The van der Waals surface area contributed by atoms with E-state index in [9.17, 15) is 0 Å². The maximum Gasteiger partial charge on any atom is 0.0175 e. The highest BCUT2D eigenvalue weighted by Crippen LogP contribution is 2.26. The van der Waals surface area contributed by atoms with Crippen molar-refractivity contribution in [1.29, 1.82) is 0 Å². The van der Waals surface area contributed by atoms with E-state index in [1.165, 1.54) is 11.1 Å². The fraction of sp³-hybridized carbons (Fsp3) is 0. The standard InChI is InChI=1S/C20H15Br/c1-15(16-5-3-2-4-6-16)17-7-9-18(10-8-17)19-11-13-20(21)14-12-19/h2-14H,1H2. The Kier molecular flexibility index (Phi) is 4.03. The molecule has 1 heteroatoms. The summed E-state index contributed by atoms with van der Waals surface area (Å²) >= 11 is 3.46. The minimum Gasteiger partial charge on any atom is -0.0906 e. The van der Waals surface area contributed by atoms with Crippen molar-refractivity contribution in [1.82, 2.24) is 0 Å². The molecule has 3 aromatic rings. The quantitative estimate of drug-likeness (QED) is 0.536. The van der Waals surface area contributed by atoms with Crippen molar-refractivity contribution in [2.75, 3.05) is 0 Å². The summed E-state index contributed by atoms with van der Waals surface area (Å²) in [7, 11) is 0. The fourth-order valence-electron chi connectivity index (χ4n) is 2.31. The molecule has 0 saturated carbocycles. The van der Waals surface area contributed by atoms with Crippen LogP contribution in [0, 0.1) is 0 Å². The Morgan fingerprint density at radius 2 is 1.10 bits per heavy atom. The van der Waals surface area contributed by atoms with Gasteiger partial charge in [0, 0.05) is 4.47 Å². The Morgan fingerprint density at radius 1 is 0.619 bits per heavy atom. The Labute approximate surface area is 133 Å². The maximum absolute atomic E-state index is 4.20. The Bertz CT molecular complexity index is 738. The lowest BCUT2D eigenvalue weighted by Crippen LogP contribution is -1.86. The molecule has 0 unspecified atom stereocenters. The second kappa shape index (κ2) is 6.11. The Hall–Kier alpha value is -2.12. The predicted octanol–water partition coefficient (Wildman–Crippen LogP) is 6.18. The first kappa shape index (κ1) is 13.8. The van der Waals surface area contributed by atoms with Crippen LogP contribution in [-0.2, 0) is 0 Å². The molecule has 0 nitrogen and oxygen atoms in total.